The monoisotopic (exact) mass is 335 g/mol. The smallest absolute Gasteiger partial charge is 0.271 e. The molecule has 0 bridgehead atoms. The number of amides is 1. The highest BCUT2D eigenvalue weighted by Gasteiger charge is 2.12. The van der Waals surface area contributed by atoms with E-state index in [2.05, 4.69) is 10.6 Å². The largest absolute Gasteiger partial charge is 0.465 e. The molecular weight excluding hydrogens is 325 g/mol. The second-order valence-electron chi connectivity index (χ2n) is 4.21. The Hall–Kier alpha value is -3.07. The molecule has 0 saturated carbocycles. The van der Waals surface area contributed by atoms with E-state index in [4.69, 9.17) is 16.6 Å². The van der Waals surface area contributed by atoms with Crippen LogP contribution in [0, 0.1) is 15.9 Å². The second kappa shape index (κ2) is 7.27. The molecule has 0 fully saturated rings. The first-order valence-corrected chi connectivity index (χ1v) is 6.64. The molecule has 1 aromatic heterocycles. The van der Waals surface area contributed by atoms with Crippen molar-refractivity contribution < 1.29 is 18.5 Å². The van der Waals surface area contributed by atoms with E-state index in [9.17, 15) is 19.3 Å². The lowest BCUT2D eigenvalue weighted by Gasteiger charge is -2.08. The lowest BCUT2D eigenvalue weighted by atomic mass is 10.2. The average molecular weight is 335 g/mol. The van der Waals surface area contributed by atoms with Crippen LogP contribution in [-0.2, 0) is 4.79 Å². The number of anilines is 1. The van der Waals surface area contributed by atoms with Crippen molar-refractivity contribution in [2.75, 3.05) is 5.32 Å². The first-order chi connectivity index (χ1) is 11.0. The van der Waals surface area contributed by atoms with Crippen LogP contribution >= 0.6 is 12.2 Å². The number of rotatable bonds is 4. The Kier molecular flexibility index (Phi) is 5.15. The molecule has 118 valence electrons. The van der Waals surface area contributed by atoms with Crippen LogP contribution in [0.1, 0.15) is 5.76 Å². The number of benzene rings is 1. The van der Waals surface area contributed by atoms with Gasteiger partial charge in [0, 0.05) is 18.2 Å². The number of nitrogens with zero attached hydrogens (tertiary/aromatic N) is 1. The Balaban J connectivity index is 1.98. The minimum Gasteiger partial charge on any atom is -0.465 e. The summed E-state index contributed by atoms with van der Waals surface area (Å²) in [6.07, 6.45) is 4.05. The molecular formula is C14H10FN3O4S. The number of halogens is 1. The van der Waals surface area contributed by atoms with Crippen LogP contribution in [0.4, 0.5) is 15.8 Å². The van der Waals surface area contributed by atoms with E-state index in [0.717, 1.165) is 18.2 Å². The molecule has 0 spiro atoms. The molecule has 1 amide bonds. The van der Waals surface area contributed by atoms with Crippen molar-refractivity contribution in [2.45, 2.75) is 0 Å². The van der Waals surface area contributed by atoms with Gasteiger partial charge in [-0.1, -0.05) is 0 Å². The molecule has 2 aromatic rings. The van der Waals surface area contributed by atoms with Crippen molar-refractivity contribution in [2.24, 2.45) is 0 Å². The Bertz CT molecular complexity index is 774. The topological polar surface area (TPSA) is 97.4 Å². The molecule has 0 aliphatic rings. The second-order valence-corrected chi connectivity index (χ2v) is 4.62. The van der Waals surface area contributed by atoms with Crippen LogP contribution in [0.15, 0.2) is 47.1 Å². The first kappa shape index (κ1) is 16.3. The fourth-order valence-corrected chi connectivity index (χ4v) is 1.78. The third-order valence-electron chi connectivity index (χ3n) is 2.59. The van der Waals surface area contributed by atoms with E-state index in [1.165, 1.54) is 18.4 Å². The predicted octanol–water partition coefficient (Wildman–Crippen LogP) is 2.85. The van der Waals surface area contributed by atoms with E-state index in [-0.39, 0.29) is 16.5 Å². The molecule has 2 rings (SSSR count). The van der Waals surface area contributed by atoms with Gasteiger partial charge in [0.05, 0.1) is 16.9 Å². The van der Waals surface area contributed by atoms with Gasteiger partial charge < -0.3 is 9.73 Å². The molecule has 0 unspecified atom stereocenters. The average Bonchev–Trinajstić information content (AvgIpc) is 3.00. The van der Waals surface area contributed by atoms with Crippen LogP contribution in [0.25, 0.3) is 6.08 Å². The normalized spacial score (nSPS) is 10.5. The van der Waals surface area contributed by atoms with Gasteiger partial charge in [-0.3, -0.25) is 20.2 Å². The van der Waals surface area contributed by atoms with Crippen LogP contribution in [0.5, 0.6) is 0 Å². The molecule has 9 heteroatoms. The van der Waals surface area contributed by atoms with Crippen molar-refractivity contribution in [3.63, 3.8) is 0 Å². The molecule has 0 aliphatic carbocycles. The summed E-state index contributed by atoms with van der Waals surface area (Å²) in [6.45, 7) is 0. The Morgan fingerprint density at radius 1 is 1.39 bits per heavy atom. The number of carbonyl (C=O) groups is 1. The highest BCUT2D eigenvalue weighted by Crippen LogP contribution is 2.21. The third-order valence-corrected chi connectivity index (χ3v) is 2.79. The van der Waals surface area contributed by atoms with Crippen LogP contribution in [0.3, 0.4) is 0 Å². The van der Waals surface area contributed by atoms with Crippen molar-refractivity contribution in [3.8, 4) is 0 Å². The lowest BCUT2D eigenvalue weighted by Crippen LogP contribution is -2.33. The van der Waals surface area contributed by atoms with Gasteiger partial charge in [0.2, 0.25) is 5.91 Å². The maximum atomic E-state index is 13.6. The number of non-ortho nitro benzene ring substituents is 1. The molecule has 1 heterocycles. The summed E-state index contributed by atoms with van der Waals surface area (Å²) < 4.78 is 18.6. The van der Waals surface area contributed by atoms with Crippen molar-refractivity contribution in [1.82, 2.24) is 5.32 Å². The summed E-state index contributed by atoms with van der Waals surface area (Å²) in [7, 11) is 0. The fraction of sp³-hybridized carbons (Fsp3) is 0. The van der Waals surface area contributed by atoms with Crippen molar-refractivity contribution in [3.05, 3.63) is 64.4 Å². The Morgan fingerprint density at radius 2 is 2.17 bits per heavy atom. The minimum atomic E-state index is -0.738. The quantitative estimate of drug-likeness (QED) is 0.386. The molecule has 0 atom stereocenters. The number of hydrogen-bond donors (Lipinski definition) is 2. The summed E-state index contributed by atoms with van der Waals surface area (Å²) in [4.78, 5) is 21.6. The number of nitro groups is 1. The van der Waals surface area contributed by atoms with E-state index < -0.39 is 16.6 Å². The van der Waals surface area contributed by atoms with Gasteiger partial charge in [0.15, 0.2) is 5.11 Å². The van der Waals surface area contributed by atoms with Crippen LogP contribution in [-0.4, -0.2) is 15.9 Å². The molecule has 2 N–H and O–H groups in total. The van der Waals surface area contributed by atoms with Crippen molar-refractivity contribution in [1.29, 1.82) is 0 Å². The van der Waals surface area contributed by atoms with Gasteiger partial charge in [0.25, 0.3) is 5.69 Å². The summed E-state index contributed by atoms with van der Waals surface area (Å²) in [5.74, 6) is -0.827. The summed E-state index contributed by atoms with van der Waals surface area (Å²) >= 11 is 4.86. The molecule has 0 radical (unpaired) electrons. The van der Waals surface area contributed by atoms with E-state index in [1.54, 1.807) is 12.1 Å². The summed E-state index contributed by atoms with van der Waals surface area (Å²) in [5, 5.41) is 15.1. The maximum Gasteiger partial charge on any atom is 0.271 e. The summed E-state index contributed by atoms with van der Waals surface area (Å²) in [6, 6.07) is 6.25. The number of carbonyl (C=O) groups excluding carboxylic acids is 1. The zero-order valence-electron chi connectivity index (χ0n) is 11.5. The molecule has 0 aliphatic heterocycles. The van der Waals surface area contributed by atoms with E-state index >= 15 is 0 Å². The predicted molar refractivity (Wildman–Crippen MR) is 85.2 cm³/mol. The zero-order valence-corrected chi connectivity index (χ0v) is 12.3. The number of nitro benzene ring substituents is 1. The standard InChI is InChI=1S/C14H10FN3O4S/c15-11-5-3-9(18(20)21)8-12(11)16-14(23)17-13(19)6-4-10-2-1-7-22-10/h1-8H,(H2,16,17,19,23)/b6-4-. The number of thiocarbonyl (C=S) groups is 1. The van der Waals surface area contributed by atoms with Crippen LogP contribution in [0.2, 0.25) is 0 Å². The maximum absolute atomic E-state index is 13.6. The lowest BCUT2D eigenvalue weighted by molar-refractivity contribution is -0.384. The van der Waals surface area contributed by atoms with Gasteiger partial charge in [-0.05, 0) is 36.5 Å². The molecule has 0 saturated heterocycles. The highest BCUT2D eigenvalue weighted by atomic mass is 32.1. The highest BCUT2D eigenvalue weighted by molar-refractivity contribution is 7.80. The molecule has 1 aromatic carbocycles. The Morgan fingerprint density at radius 3 is 2.83 bits per heavy atom. The minimum absolute atomic E-state index is 0.196. The fourth-order valence-electron chi connectivity index (χ4n) is 1.57. The van der Waals surface area contributed by atoms with Gasteiger partial charge >= 0.3 is 0 Å². The van der Waals surface area contributed by atoms with Gasteiger partial charge in [0.1, 0.15) is 11.6 Å². The zero-order chi connectivity index (χ0) is 16.8. The summed E-state index contributed by atoms with van der Waals surface area (Å²) in [5.41, 5.74) is -0.514. The molecule has 7 nitrogen and oxygen atoms in total. The van der Waals surface area contributed by atoms with E-state index in [0.29, 0.717) is 5.76 Å². The number of furan rings is 1. The Labute approximate surface area is 134 Å². The SMILES string of the molecule is O=C(/C=C\c1ccco1)NC(=S)Nc1cc([N+](=O)[O-])ccc1F. The van der Waals surface area contributed by atoms with Crippen molar-refractivity contribution >= 4 is 40.7 Å². The van der Waals surface area contributed by atoms with E-state index in [1.807, 2.05) is 0 Å². The van der Waals surface area contributed by atoms with Gasteiger partial charge in [-0.25, -0.2) is 4.39 Å². The van der Waals surface area contributed by atoms with Gasteiger partial charge in [-0.15, -0.1) is 0 Å². The van der Waals surface area contributed by atoms with Gasteiger partial charge in [-0.2, -0.15) is 0 Å². The number of hydrogen-bond acceptors (Lipinski definition) is 5. The molecule has 23 heavy (non-hydrogen) atoms. The third kappa shape index (κ3) is 4.71. The first-order valence-electron chi connectivity index (χ1n) is 6.23. The number of nitrogens with one attached hydrogen (secondary N) is 2. The van der Waals surface area contributed by atoms with Crippen LogP contribution < -0.4 is 10.6 Å².